The molecule has 0 atom stereocenters. The van der Waals surface area contributed by atoms with Gasteiger partial charge in [-0.05, 0) is 42.3 Å². The fourth-order valence-corrected chi connectivity index (χ4v) is 4.33. The molecule has 0 saturated carbocycles. The summed E-state index contributed by atoms with van der Waals surface area (Å²) in [7, 11) is -0.242. The lowest BCUT2D eigenvalue weighted by atomic mass is 10.1. The Hall–Kier alpha value is -3.70. The van der Waals surface area contributed by atoms with Crippen LogP contribution in [-0.4, -0.2) is 56.5 Å². The number of nitrogens with one attached hydrogen (secondary N) is 4. The van der Waals surface area contributed by atoms with Crippen LogP contribution < -0.4 is 20.7 Å². The van der Waals surface area contributed by atoms with Crippen LogP contribution in [-0.2, 0) is 10.0 Å². The minimum atomic E-state index is -3.60. The van der Waals surface area contributed by atoms with Gasteiger partial charge in [0.25, 0.3) is 0 Å². The molecule has 2 heterocycles. The van der Waals surface area contributed by atoms with Crippen LogP contribution in [0.15, 0.2) is 59.6 Å². The molecule has 2 amide bonds. The Kier molecular flexibility index (Phi) is 6.43. The van der Waals surface area contributed by atoms with Crippen LogP contribution >= 0.6 is 0 Å². The monoisotopic (exact) mass is 467 g/mol. The second kappa shape index (κ2) is 9.43. The molecule has 4 bridgehead atoms. The molecule has 1 aliphatic rings. The van der Waals surface area contributed by atoms with Crippen LogP contribution in [0.2, 0.25) is 0 Å². The average Bonchev–Trinajstić information content (AvgIpc) is 2.79. The topological polar surface area (TPSA) is 128 Å². The highest BCUT2D eigenvalue weighted by atomic mass is 32.2. The smallest absolute Gasteiger partial charge is 0.321 e. The maximum Gasteiger partial charge on any atom is 0.321 e. The Morgan fingerprint density at radius 1 is 1.09 bits per heavy atom. The summed E-state index contributed by atoms with van der Waals surface area (Å²) >= 11 is 0. The minimum absolute atomic E-state index is 0.179. The molecule has 0 fully saturated rings. The summed E-state index contributed by atoms with van der Waals surface area (Å²) in [5, 5.41) is 9.16. The summed E-state index contributed by atoms with van der Waals surface area (Å²) in [5.74, 6) is 0.966. The lowest BCUT2D eigenvalue weighted by molar-refractivity contribution is 0.230. The molecule has 0 unspecified atom stereocenters. The summed E-state index contributed by atoms with van der Waals surface area (Å²) in [5.41, 5.74) is 2.91. The average molecular weight is 468 g/mol. The number of amides is 2. The van der Waals surface area contributed by atoms with Gasteiger partial charge < -0.3 is 20.9 Å². The maximum atomic E-state index is 12.5. The van der Waals surface area contributed by atoms with Gasteiger partial charge in [0, 0.05) is 50.3 Å². The van der Waals surface area contributed by atoms with Crippen molar-refractivity contribution >= 4 is 39.2 Å². The molecule has 0 aliphatic carbocycles. The third kappa shape index (κ3) is 5.38. The predicted molar refractivity (Wildman–Crippen MR) is 128 cm³/mol. The molecular formula is C22H25N7O3S. The lowest BCUT2D eigenvalue weighted by Crippen LogP contribution is -2.27. The Labute approximate surface area is 192 Å². The van der Waals surface area contributed by atoms with Crippen molar-refractivity contribution < 1.29 is 13.2 Å². The van der Waals surface area contributed by atoms with E-state index in [4.69, 9.17) is 0 Å². The number of carbonyl (C=O) groups excluding carboxylic acids is 1. The normalized spacial score (nSPS) is 15.0. The highest BCUT2D eigenvalue weighted by Crippen LogP contribution is 2.29. The lowest BCUT2D eigenvalue weighted by Gasteiger charge is -2.14. The molecule has 1 aromatic heterocycles. The molecule has 0 spiro atoms. The fourth-order valence-electron chi connectivity index (χ4n) is 3.21. The van der Waals surface area contributed by atoms with E-state index in [9.17, 15) is 13.2 Å². The second-order valence-electron chi connectivity index (χ2n) is 7.69. The summed E-state index contributed by atoms with van der Waals surface area (Å²) in [6.45, 7) is 0.807. The molecular weight excluding hydrogens is 442 g/mol. The first-order chi connectivity index (χ1) is 15.8. The number of aromatic nitrogens is 2. The van der Waals surface area contributed by atoms with Crippen molar-refractivity contribution in [3.63, 3.8) is 0 Å². The number of fused-ring (bicyclic) bond motifs is 4. The molecule has 4 N–H and O–H groups in total. The fraction of sp³-hybridized carbons (Fsp3) is 0.227. The largest absolute Gasteiger partial charge is 0.369 e. The summed E-state index contributed by atoms with van der Waals surface area (Å²) in [4.78, 5) is 22.5. The molecule has 0 radical (unpaired) electrons. The number of rotatable bonds is 2. The van der Waals surface area contributed by atoms with E-state index in [-0.39, 0.29) is 10.9 Å². The van der Waals surface area contributed by atoms with Crippen LogP contribution in [0.1, 0.15) is 6.42 Å². The number of benzene rings is 2. The van der Waals surface area contributed by atoms with Crippen molar-refractivity contribution in [2.45, 2.75) is 11.3 Å². The standard InChI is InChI=1S/C22H25N7O3S/c1-29(2)22(30)27-16-9-7-15(8-10-16)19-14-24-21-26-17-5-3-6-18(13-17)33(31,32)25-12-4-11-23-20(19)28-21/h3,5-10,13-14,25H,4,11-12H2,1-2H3,(H,27,30)(H2,23,24,26,28). The zero-order valence-electron chi connectivity index (χ0n) is 18.3. The molecule has 10 nitrogen and oxygen atoms in total. The Morgan fingerprint density at radius 2 is 1.88 bits per heavy atom. The van der Waals surface area contributed by atoms with E-state index < -0.39 is 10.0 Å². The SMILES string of the molecule is CN(C)C(=O)Nc1ccc(-c2cnc3nc2NCCCNS(=O)(=O)c2cccc(c2)N3)cc1. The van der Waals surface area contributed by atoms with Gasteiger partial charge in [-0.3, -0.25) is 0 Å². The van der Waals surface area contributed by atoms with Crippen molar-refractivity contribution in [1.29, 1.82) is 0 Å². The Morgan fingerprint density at radius 3 is 2.64 bits per heavy atom. The zero-order chi connectivity index (χ0) is 23.4. The number of urea groups is 1. The third-order valence-corrected chi connectivity index (χ3v) is 6.44. The number of carbonyl (C=O) groups is 1. The zero-order valence-corrected chi connectivity index (χ0v) is 19.1. The van der Waals surface area contributed by atoms with E-state index in [1.807, 2.05) is 24.3 Å². The van der Waals surface area contributed by atoms with Crippen LogP contribution in [0, 0.1) is 0 Å². The molecule has 3 aromatic rings. The second-order valence-corrected chi connectivity index (χ2v) is 9.46. The van der Waals surface area contributed by atoms with Gasteiger partial charge in [0.15, 0.2) is 0 Å². The maximum absolute atomic E-state index is 12.5. The molecule has 1 aliphatic heterocycles. The predicted octanol–water partition coefficient (Wildman–Crippen LogP) is 3.07. The Balaban J connectivity index is 1.64. The molecule has 11 heteroatoms. The quantitative estimate of drug-likeness (QED) is 0.456. The van der Waals surface area contributed by atoms with Gasteiger partial charge in [-0.2, -0.15) is 4.98 Å². The van der Waals surface area contributed by atoms with Gasteiger partial charge in [0.05, 0.1) is 4.90 Å². The van der Waals surface area contributed by atoms with Gasteiger partial charge in [-0.25, -0.2) is 22.9 Å². The van der Waals surface area contributed by atoms with Gasteiger partial charge in [-0.1, -0.05) is 18.2 Å². The molecule has 2 aromatic carbocycles. The first-order valence-electron chi connectivity index (χ1n) is 10.4. The van der Waals surface area contributed by atoms with Crippen LogP contribution in [0.3, 0.4) is 0 Å². The van der Waals surface area contributed by atoms with E-state index in [0.717, 1.165) is 11.1 Å². The van der Waals surface area contributed by atoms with Gasteiger partial charge in [0.1, 0.15) is 5.82 Å². The summed E-state index contributed by atoms with van der Waals surface area (Å²) in [6.07, 6.45) is 2.28. The number of nitrogens with zero attached hydrogens (tertiary/aromatic N) is 3. The van der Waals surface area contributed by atoms with Crippen LogP contribution in [0.25, 0.3) is 11.1 Å². The first kappa shape index (κ1) is 22.5. The highest BCUT2D eigenvalue weighted by Gasteiger charge is 2.16. The van der Waals surface area contributed by atoms with Crippen molar-refractivity contribution in [3.05, 3.63) is 54.7 Å². The van der Waals surface area contributed by atoms with E-state index in [2.05, 4.69) is 30.6 Å². The van der Waals surface area contributed by atoms with E-state index in [1.165, 1.54) is 4.90 Å². The summed E-state index contributed by atoms with van der Waals surface area (Å²) < 4.78 is 27.6. The minimum Gasteiger partial charge on any atom is -0.369 e. The number of hydrogen-bond acceptors (Lipinski definition) is 7. The first-order valence-corrected chi connectivity index (χ1v) is 11.9. The van der Waals surface area contributed by atoms with Gasteiger partial charge >= 0.3 is 6.03 Å². The summed E-state index contributed by atoms with van der Waals surface area (Å²) in [6, 6.07) is 13.7. The van der Waals surface area contributed by atoms with Crippen molar-refractivity contribution in [1.82, 2.24) is 19.6 Å². The van der Waals surface area contributed by atoms with E-state index >= 15 is 0 Å². The molecule has 172 valence electrons. The van der Waals surface area contributed by atoms with E-state index in [1.54, 1.807) is 44.6 Å². The highest BCUT2D eigenvalue weighted by molar-refractivity contribution is 7.89. The van der Waals surface area contributed by atoms with E-state index in [0.29, 0.717) is 42.7 Å². The van der Waals surface area contributed by atoms with Crippen LogP contribution in [0.4, 0.5) is 27.9 Å². The van der Waals surface area contributed by atoms with Gasteiger partial charge in [0.2, 0.25) is 16.0 Å². The van der Waals surface area contributed by atoms with Crippen molar-refractivity contribution in [3.8, 4) is 11.1 Å². The van der Waals surface area contributed by atoms with Gasteiger partial charge in [-0.15, -0.1) is 0 Å². The molecule has 33 heavy (non-hydrogen) atoms. The van der Waals surface area contributed by atoms with Crippen molar-refractivity contribution in [2.75, 3.05) is 43.1 Å². The number of sulfonamides is 1. The Bertz CT molecular complexity index is 1260. The molecule has 0 saturated heterocycles. The van der Waals surface area contributed by atoms with Crippen molar-refractivity contribution in [2.24, 2.45) is 0 Å². The van der Waals surface area contributed by atoms with Crippen LogP contribution in [0.5, 0.6) is 0 Å². The third-order valence-electron chi connectivity index (χ3n) is 4.98. The molecule has 4 rings (SSSR count). The number of hydrogen-bond donors (Lipinski definition) is 4. The number of anilines is 4.